The number of ether oxygens (including phenoxy) is 1. The lowest BCUT2D eigenvalue weighted by atomic mass is 10.2. The van der Waals surface area contributed by atoms with Crippen molar-refractivity contribution in [1.29, 1.82) is 0 Å². The Morgan fingerprint density at radius 2 is 2.17 bits per heavy atom. The zero-order chi connectivity index (χ0) is 16.8. The molecular weight excluding hydrogens is 304 g/mol. The molecule has 0 bridgehead atoms. The molecule has 2 N–H and O–H groups in total. The van der Waals surface area contributed by atoms with Crippen LogP contribution in [0.5, 0.6) is 11.5 Å². The molecule has 1 aromatic carbocycles. The third-order valence-corrected chi connectivity index (χ3v) is 3.58. The number of nitrogens with one attached hydrogen (secondary N) is 1. The van der Waals surface area contributed by atoms with E-state index >= 15 is 0 Å². The monoisotopic (exact) mass is 324 g/mol. The van der Waals surface area contributed by atoms with E-state index in [1.807, 2.05) is 37.4 Å². The second kappa shape index (κ2) is 7.50. The minimum absolute atomic E-state index is 0.136. The fraction of sp³-hybridized carbons (Fsp3) is 0.222. The van der Waals surface area contributed by atoms with Crippen LogP contribution in [0.3, 0.4) is 0 Å². The van der Waals surface area contributed by atoms with Crippen molar-refractivity contribution in [3.8, 4) is 22.9 Å². The maximum absolute atomic E-state index is 9.83. The summed E-state index contributed by atoms with van der Waals surface area (Å²) in [5.41, 5.74) is 1.89. The minimum atomic E-state index is 0.136. The van der Waals surface area contributed by atoms with Crippen molar-refractivity contribution in [2.45, 2.75) is 13.5 Å². The lowest BCUT2D eigenvalue weighted by Crippen LogP contribution is -2.11. The molecule has 0 atom stereocenters. The number of pyridine rings is 1. The molecule has 0 saturated heterocycles. The van der Waals surface area contributed by atoms with Gasteiger partial charge in [0.15, 0.2) is 11.5 Å². The van der Waals surface area contributed by atoms with Gasteiger partial charge in [0.1, 0.15) is 5.82 Å². The van der Waals surface area contributed by atoms with E-state index in [4.69, 9.17) is 4.74 Å². The van der Waals surface area contributed by atoms with Crippen LogP contribution in [0.15, 0.2) is 55.1 Å². The molecule has 2 aromatic heterocycles. The van der Waals surface area contributed by atoms with Gasteiger partial charge in [-0.05, 0) is 37.3 Å². The number of aromatic hydroxyl groups is 1. The number of rotatable bonds is 7. The summed E-state index contributed by atoms with van der Waals surface area (Å²) in [6, 6.07) is 9.16. The third-order valence-electron chi connectivity index (χ3n) is 3.58. The highest BCUT2D eigenvalue weighted by Gasteiger charge is 2.10. The van der Waals surface area contributed by atoms with Gasteiger partial charge < -0.3 is 19.7 Å². The number of aromatic nitrogens is 3. The van der Waals surface area contributed by atoms with Gasteiger partial charge in [-0.25, -0.2) is 4.98 Å². The topological polar surface area (TPSA) is 72.2 Å². The van der Waals surface area contributed by atoms with Crippen LogP contribution in [0.25, 0.3) is 11.4 Å². The lowest BCUT2D eigenvalue weighted by Gasteiger charge is -2.11. The lowest BCUT2D eigenvalue weighted by molar-refractivity contribution is 0.318. The summed E-state index contributed by atoms with van der Waals surface area (Å²) in [5.74, 6) is 1.44. The van der Waals surface area contributed by atoms with Crippen LogP contribution in [0, 0.1) is 0 Å². The number of imidazole rings is 1. The molecule has 6 nitrogen and oxygen atoms in total. The van der Waals surface area contributed by atoms with E-state index in [2.05, 4.69) is 19.9 Å². The molecule has 0 radical (unpaired) electrons. The molecule has 24 heavy (non-hydrogen) atoms. The van der Waals surface area contributed by atoms with Crippen molar-refractivity contribution in [3.05, 3.63) is 55.1 Å². The van der Waals surface area contributed by atoms with E-state index in [0.29, 0.717) is 12.4 Å². The molecule has 2 heterocycles. The third kappa shape index (κ3) is 3.65. The average molecular weight is 324 g/mol. The highest BCUT2D eigenvalue weighted by molar-refractivity contribution is 5.61. The smallest absolute Gasteiger partial charge is 0.161 e. The molecule has 0 spiro atoms. The van der Waals surface area contributed by atoms with E-state index in [1.54, 1.807) is 24.7 Å². The Morgan fingerprint density at radius 3 is 2.96 bits per heavy atom. The first kappa shape index (κ1) is 15.9. The van der Waals surface area contributed by atoms with Gasteiger partial charge >= 0.3 is 0 Å². The van der Waals surface area contributed by atoms with Crippen molar-refractivity contribution in [2.24, 2.45) is 0 Å². The Bertz CT molecular complexity index is 787. The van der Waals surface area contributed by atoms with Crippen LogP contribution in [0.1, 0.15) is 6.92 Å². The minimum Gasteiger partial charge on any atom is -0.504 e. The molecule has 0 saturated carbocycles. The summed E-state index contributed by atoms with van der Waals surface area (Å²) in [4.78, 5) is 8.51. The predicted octanol–water partition coefficient (Wildman–Crippen LogP) is 3.16. The summed E-state index contributed by atoms with van der Waals surface area (Å²) < 4.78 is 7.51. The van der Waals surface area contributed by atoms with E-state index < -0.39 is 0 Å². The summed E-state index contributed by atoms with van der Waals surface area (Å²) >= 11 is 0. The van der Waals surface area contributed by atoms with Crippen molar-refractivity contribution in [1.82, 2.24) is 14.5 Å². The predicted molar refractivity (Wildman–Crippen MR) is 93.2 cm³/mol. The summed E-state index contributed by atoms with van der Waals surface area (Å²) in [6.45, 7) is 3.90. The average Bonchev–Trinajstić information content (AvgIpc) is 3.06. The van der Waals surface area contributed by atoms with Crippen molar-refractivity contribution >= 4 is 5.69 Å². The Morgan fingerprint density at radius 1 is 1.25 bits per heavy atom. The number of nitrogens with zero attached hydrogens (tertiary/aromatic N) is 3. The van der Waals surface area contributed by atoms with Crippen LogP contribution in [0.4, 0.5) is 5.69 Å². The van der Waals surface area contributed by atoms with Gasteiger partial charge in [0.25, 0.3) is 0 Å². The van der Waals surface area contributed by atoms with Crippen LogP contribution < -0.4 is 10.1 Å². The molecule has 0 unspecified atom stereocenters. The summed E-state index contributed by atoms with van der Waals surface area (Å²) in [7, 11) is 0. The van der Waals surface area contributed by atoms with Gasteiger partial charge in [-0.2, -0.15) is 0 Å². The van der Waals surface area contributed by atoms with E-state index in [9.17, 15) is 5.11 Å². The van der Waals surface area contributed by atoms with E-state index in [1.165, 1.54) is 0 Å². The number of hydrogen-bond acceptors (Lipinski definition) is 5. The Labute approximate surface area is 140 Å². The molecule has 3 aromatic rings. The largest absolute Gasteiger partial charge is 0.504 e. The quantitative estimate of drug-likeness (QED) is 0.698. The second-order valence-corrected chi connectivity index (χ2v) is 5.23. The zero-order valence-electron chi connectivity index (χ0n) is 13.5. The summed E-state index contributed by atoms with van der Waals surface area (Å²) in [5, 5.41) is 13.2. The Hall–Kier alpha value is -3.02. The maximum Gasteiger partial charge on any atom is 0.161 e. The number of phenols is 1. The number of benzene rings is 1. The SMILES string of the molecule is CCOc1cc(-c2nccn2CCNc2cccnc2)ccc1O. The Balaban J connectivity index is 1.72. The highest BCUT2D eigenvalue weighted by Crippen LogP contribution is 2.31. The maximum atomic E-state index is 9.83. The molecule has 0 aliphatic heterocycles. The standard InChI is InChI=1S/C18H20N4O2/c1-2-24-17-12-14(5-6-16(17)23)18-21-9-11-22(18)10-8-20-15-4-3-7-19-13-15/h3-7,9,11-13,20,23H,2,8,10H2,1H3. The van der Waals surface area contributed by atoms with Gasteiger partial charge in [0, 0.05) is 43.4 Å². The number of anilines is 1. The number of phenolic OH excluding ortho intramolecular Hbond substituents is 1. The summed E-state index contributed by atoms with van der Waals surface area (Å²) in [6.07, 6.45) is 7.25. The fourth-order valence-electron chi connectivity index (χ4n) is 2.46. The van der Waals surface area contributed by atoms with Gasteiger partial charge in [0.05, 0.1) is 12.3 Å². The first-order chi connectivity index (χ1) is 11.8. The first-order valence-corrected chi connectivity index (χ1v) is 7.89. The van der Waals surface area contributed by atoms with Crippen LogP contribution >= 0.6 is 0 Å². The molecule has 0 amide bonds. The first-order valence-electron chi connectivity index (χ1n) is 7.89. The van der Waals surface area contributed by atoms with Crippen molar-refractivity contribution in [3.63, 3.8) is 0 Å². The Kier molecular flexibility index (Phi) is 4.96. The molecule has 0 fully saturated rings. The van der Waals surface area contributed by atoms with Crippen molar-refractivity contribution in [2.75, 3.05) is 18.5 Å². The molecule has 0 aliphatic carbocycles. The normalized spacial score (nSPS) is 10.5. The van der Waals surface area contributed by atoms with Gasteiger partial charge in [-0.3, -0.25) is 4.98 Å². The highest BCUT2D eigenvalue weighted by atomic mass is 16.5. The van der Waals surface area contributed by atoms with Gasteiger partial charge in [0.2, 0.25) is 0 Å². The van der Waals surface area contributed by atoms with E-state index in [0.717, 1.165) is 30.2 Å². The van der Waals surface area contributed by atoms with Crippen LogP contribution in [-0.2, 0) is 6.54 Å². The van der Waals surface area contributed by atoms with Gasteiger partial charge in [-0.1, -0.05) is 0 Å². The molecule has 6 heteroatoms. The van der Waals surface area contributed by atoms with Crippen LogP contribution in [-0.4, -0.2) is 32.8 Å². The van der Waals surface area contributed by atoms with Gasteiger partial charge in [-0.15, -0.1) is 0 Å². The van der Waals surface area contributed by atoms with Crippen molar-refractivity contribution < 1.29 is 9.84 Å². The second-order valence-electron chi connectivity index (χ2n) is 5.23. The van der Waals surface area contributed by atoms with E-state index in [-0.39, 0.29) is 5.75 Å². The molecule has 3 rings (SSSR count). The van der Waals surface area contributed by atoms with Crippen LogP contribution in [0.2, 0.25) is 0 Å². The molecule has 124 valence electrons. The fourth-order valence-corrected chi connectivity index (χ4v) is 2.46. The number of hydrogen-bond donors (Lipinski definition) is 2. The zero-order valence-corrected chi connectivity index (χ0v) is 13.5. The molecule has 0 aliphatic rings. The molecular formula is C18H20N4O2.